The maximum atomic E-state index is 12.8. The first-order valence-corrected chi connectivity index (χ1v) is 11.7. The fourth-order valence-electron chi connectivity index (χ4n) is 3.56. The zero-order valence-corrected chi connectivity index (χ0v) is 20.3. The summed E-state index contributed by atoms with van der Waals surface area (Å²) in [7, 11) is 0. The monoisotopic (exact) mass is 490 g/mol. The van der Waals surface area contributed by atoms with E-state index in [0.29, 0.717) is 11.4 Å². The van der Waals surface area contributed by atoms with Gasteiger partial charge in [0.1, 0.15) is 18.4 Å². The molecule has 2 atom stereocenters. The number of rotatable bonds is 9. The van der Waals surface area contributed by atoms with Crippen LogP contribution in [0.25, 0.3) is 11.1 Å². The largest absolute Gasteiger partial charge is 0.465 e. The van der Waals surface area contributed by atoms with Crippen LogP contribution in [-0.2, 0) is 4.74 Å². The topological polar surface area (TPSA) is 78.3 Å². The molecule has 3 aromatic carbocycles. The number of ether oxygens (including phenoxy) is 2. The molecular formula is C27H27ClN4O3. The van der Waals surface area contributed by atoms with E-state index in [0.717, 1.165) is 11.1 Å². The number of alkyl halides is 1. The molecule has 0 saturated heterocycles. The van der Waals surface area contributed by atoms with Gasteiger partial charge in [-0.2, -0.15) is 5.10 Å². The molecule has 180 valence electrons. The Labute approximate surface area is 209 Å². The second-order valence-corrected chi connectivity index (χ2v) is 8.98. The number of anilines is 1. The highest BCUT2D eigenvalue weighted by molar-refractivity contribution is 6.18. The summed E-state index contributed by atoms with van der Waals surface area (Å²) in [5.74, 6) is 0.810. The molecule has 0 saturated carbocycles. The van der Waals surface area contributed by atoms with Gasteiger partial charge in [0.15, 0.2) is 6.10 Å². The average Bonchev–Trinajstić information content (AvgIpc) is 3.42. The molecule has 0 aliphatic carbocycles. The van der Waals surface area contributed by atoms with Crippen molar-refractivity contribution >= 4 is 23.4 Å². The quantitative estimate of drug-likeness (QED) is 0.274. The normalized spacial score (nSPS) is 13.0. The molecule has 1 aromatic heterocycles. The van der Waals surface area contributed by atoms with Crippen LogP contribution in [0.15, 0.2) is 97.6 Å². The average molecular weight is 491 g/mol. The van der Waals surface area contributed by atoms with Crippen LogP contribution in [-0.4, -0.2) is 32.8 Å². The van der Waals surface area contributed by atoms with Crippen LogP contribution < -0.4 is 10.1 Å². The molecule has 0 bridgehead atoms. The molecule has 0 radical (unpaired) electrons. The lowest BCUT2D eigenvalue weighted by Crippen LogP contribution is -2.45. The Morgan fingerprint density at radius 2 is 1.60 bits per heavy atom. The highest BCUT2D eigenvalue weighted by atomic mass is 35.5. The number of amides is 1. The molecule has 0 aliphatic heterocycles. The lowest BCUT2D eigenvalue weighted by atomic mass is 9.87. The van der Waals surface area contributed by atoms with Gasteiger partial charge in [-0.15, -0.1) is 11.6 Å². The second-order valence-electron chi connectivity index (χ2n) is 8.71. The number of carbonyl (C=O) groups excluding carboxylic acids is 1. The van der Waals surface area contributed by atoms with Crippen LogP contribution in [0.2, 0.25) is 0 Å². The number of nitrogens with one attached hydrogen (secondary N) is 1. The van der Waals surface area contributed by atoms with Crippen molar-refractivity contribution in [3.63, 3.8) is 0 Å². The van der Waals surface area contributed by atoms with E-state index in [2.05, 4.69) is 15.4 Å². The van der Waals surface area contributed by atoms with Gasteiger partial charge in [0, 0.05) is 17.0 Å². The van der Waals surface area contributed by atoms with Crippen LogP contribution in [0, 0.1) is 5.41 Å². The Morgan fingerprint density at radius 3 is 2.20 bits per heavy atom. The van der Waals surface area contributed by atoms with E-state index in [1.807, 2.05) is 86.6 Å². The predicted octanol–water partition coefficient (Wildman–Crippen LogP) is 6.41. The standard InChI is InChI=1S/C27H27ClN4O3/c1-27(2,17-28)24(35-26(33)31-22-11-7-4-8-12-22)25(32-19-29-18-30-32)34-23-15-13-21(14-16-23)20-9-5-3-6-10-20/h3-16,18-19,24-25H,17H2,1-2H3,(H,31,33). The van der Waals surface area contributed by atoms with Gasteiger partial charge in [-0.3, -0.25) is 5.32 Å². The Balaban J connectivity index is 1.60. The first kappa shape index (κ1) is 24.3. The van der Waals surface area contributed by atoms with Gasteiger partial charge in [0.05, 0.1) is 0 Å². The van der Waals surface area contributed by atoms with Crippen molar-refractivity contribution in [3.05, 3.63) is 97.6 Å². The van der Waals surface area contributed by atoms with Crippen molar-refractivity contribution in [2.75, 3.05) is 11.2 Å². The Bertz CT molecular complexity index is 1200. The van der Waals surface area contributed by atoms with Gasteiger partial charge in [-0.25, -0.2) is 14.5 Å². The molecular weight excluding hydrogens is 464 g/mol. The number of para-hydroxylation sites is 1. The van der Waals surface area contributed by atoms with Crippen LogP contribution in [0.4, 0.5) is 10.5 Å². The van der Waals surface area contributed by atoms with Crippen molar-refractivity contribution in [2.24, 2.45) is 5.41 Å². The second kappa shape index (κ2) is 11.1. The Hall–Kier alpha value is -3.84. The SMILES string of the molecule is CC(C)(CCl)C(OC(=O)Nc1ccccc1)C(Oc1ccc(-c2ccccc2)cc1)n1cncn1. The number of halogens is 1. The highest BCUT2D eigenvalue weighted by Gasteiger charge is 2.42. The number of aromatic nitrogens is 3. The van der Waals surface area contributed by atoms with Gasteiger partial charge in [-0.1, -0.05) is 74.5 Å². The summed E-state index contributed by atoms with van der Waals surface area (Å²) < 4.78 is 13.8. The number of hydrogen-bond donors (Lipinski definition) is 1. The van der Waals surface area contributed by atoms with Crippen LogP contribution in [0.1, 0.15) is 20.1 Å². The molecule has 1 N–H and O–H groups in total. The smallest absolute Gasteiger partial charge is 0.412 e. The number of nitrogens with zero attached hydrogens (tertiary/aromatic N) is 3. The summed E-state index contributed by atoms with van der Waals surface area (Å²) in [6.45, 7) is 3.82. The van der Waals surface area contributed by atoms with Gasteiger partial charge in [-0.05, 0) is 35.4 Å². The molecule has 1 heterocycles. The predicted molar refractivity (Wildman–Crippen MR) is 136 cm³/mol. The minimum absolute atomic E-state index is 0.220. The van der Waals surface area contributed by atoms with Crippen molar-refractivity contribution in [1.82, 2.24) is 14.8 Å². The first-order chi connectivity index (χ1) is 17.0. The summed E-state index contributed by atoms with van der Waals surface area (Å²) in [5.41, 5.74) is 2.13. The Kier molecular flexibility index (Phi) is 7.67. The van der Waals surface area contributed by atoms with E-state index >= 15 is 0 Å². The molecule has 0 spiro atoms. The molecule has 8 heteroatoms. The van der Waals surface area contributed by atoms with E-state index in [1.54, 1.807) is 12.1 Å². The maximum Gasteiger partial charge on any atom is 0.412 e. The summed E-state index contributed by atoms with van der Waals surface area (Å²) in [6, 6.07) is 26.9. The van der Waals surface area contributed by atoms with Gasteiger partial charge >= 0.3 is 6.09 Å². The van der Waals surface area contributed by atoms with E-state index in [-0.39, 0.29) is 5.88 Å². The number of hydrogen-bond acceptors (Lipinski definition) is 5. The lowest BCUT2D eigenvalue weighted by molar-refractivity contribution is -0.0748. The van der Waals surface area contributed by atoms with Crippen LogP contribution >= 0.6 is 11.6 Å². The zero-order chi connectivity index (χ0) is 24.7. The number of benzene rings is 3. The third-order valence-corrected chi connectivity index (χ3v) is 6.23. The minimum atomic E-state index is -0.810. The minimum Gasteiger partial charge on any atom is -0.465 e. The molecule has 0 aliphatic rings. The molecule has 4 rings (SSSR count). The van der Waals surface area contributed by atoms with Crippen LogP contribution in [0.5, 0.6) is 5.75 Å². The number of carbonyl (C=O) groups is 1. The van der Waals surface area contributed by atoms with E-state index in [1.165, 1.54) is 17.3 Å². The third kappa shape index (κ3) is 6.19. The first-order valence-electron chi connectivity index (χ1n) is 11.2. The van der Waals surface area contributed by atoms with E-state index < -0.39 is 23.8 Å². The maximum absolute atomic E-state index is 12.8. The zero-order valence-electron chi connectivity index (χ0n) is 19.5. The summed E-state index contributed by atoms with van der Waals surface area (Å²) >= 11 is 6.32. The summed E-state index contributed by atoms with van der Waals surface area (Å²) in [6.07, 6.45) is 0.713. The van der Waals surface area contributed by atoms with Gasteiger partial charge in [0.2, 0.25) is 6.23 Å². The molecule has 4 aromatic rings. The molecule has 1 amide bonds. The fourth-order valence-corrected chi connectivity index (χ4v) is 3.72. The van der Waals surface area contributed by atoms with Crippen molar-refractivity contribution in [1.29, 1.82) is 0 Å². The summed E-state index contributed by atoms with van der Waals surface area (Å²) in [4.78, 5) is 16.9. The molecule has 7 nitrogen and oxygen atoms in total. The molecule has 0 fully saturated rings. The van der Waals surface area contributed by atoms with Gasteiger partial charge in [0.25, 0.3) is 0 Å². The highest BCUT2D eigenvalue weighted by Crippen LogP contribution is 2.35. The Morgan fingerprint density at radius 1 is 0.971 bits per heavy atom. The fraction of sp³-hybridized carbons (Fsp3) is 0.222. The summed E-state index contributed by atoms with van der Waals surface area (Å²) in [5, 5.41) is 7.02. The molecule has 2 unspecified atom stereocenters. The van der Waals surface area contributed by atoms with Crippen molar-refractivity contribution in [3.8, 4) is 16.9 Å². The van der Waals surface area contributed by atoms with Gasteiger partial charge < -0.3 is 9.47 Å². The van der Waals surface area contributed by atoms with E-state index in [4.69, 9.17) is 21.1 Å². The van der Waals surface area contributed by atoms with Crippen molar-refractivity contribution < 1.29 is 14.3 Å². The third-order valence-electron chi connectivity index (χ3n) is 5.54. The van der Waals surface area contributed by atoms with Crippen molar-refractivity contribution in [2.45, 2.75) is 26.2 Å². The van der Waals surface area contributed by atoms with E-state index in [9.17, 15) is 4.79 Å². The lowest BCUT2D eigenvalue weighted by Gasteiger charge is -2.37. The van der Waals surface area contributed by atoms with Crippen LogP contribution in [0.3, 0.4) is 0 Å². The molecule has 35 heavy (non-hydrogen) atoms.